The molecule has 7 heteroatoms. The van der Waals surface area contributed by atoms with Crippen LogP contribution in [0.4, 0.5) is 0 Å². The average Bonchev–Trinajstić information content (AvgIpc) is 3.75. The van der Waals surface area contributed by atoms with Gasteiger partial charge in [0, 0.05) is 55.4 Å². The molecular weight excluding hydrogens is 819 g/mol. The summed E-state index contributed by atoms with van der Waals surface area (Å²) in [6, 6.07) is 81.4. The van der Waals surface area contributed by atoms with Gasteiger partial charge < -0.3 is 4.57 Å². The van der Waals surface area contributed by atoms with E-state index < -0.39 is 0 Å². The van der Waals surface area contributed by atoms with Gasteiger partial charge in [-0.15, -0.1) is 0 Å². The van der Waals surface area contributed by atoms with E-state index in [1.54, 1.807) is 0 Å². The van der Waals surface area contributed by atoms with Gasteiger partial charge in [0.25, 0.3) is 0 Å². The van der Waals surface area contributed by atoms with E-state index in [4.69, 9.17) is 29.9 Å². The molecule has 0 bridgehead atoms. The van der Waals surface area contributed by atoms with Crippen molar-refractivity contribution in [3.8, 4) is 96.3 Å². The fourth-order valence-electron chi connectivity index (χ4n) is 8.85. The van der Waals surface area contributed by atoms with Gasteiger partial charge in [0.15, 0.2) is 34.9 Å². The molecule has 0 saturated heterocycles. The van der Waals surface area contributed by atoms with Crippen LogP contribution in [0.5, 0.6) is 0 Å². The zero-order valence-corrected chi connectivity index (χ0v) is 36.1. The van der Waals surface area contributed by atoms with E-state index in [0.717, 1.165) is 83.1 Å². The van der Waals surface area contributed by atoms with Crippen molar-refractivity contribution in [2.45, 2.75) is 0 Å². The number of benzene rings is 9. The van der Waals surface area contributed by atoms with Crippen LogP contribution in [0, 0.1) is 0 Å². The lowest BCUT2D eigenvalue weighted by Gasteiger charge is -2.15. The summed E-state index contributed by atoms with van der Waals surface area (Å²) >= 11 is 0. The smallest absolute Gasteiger partial charge is 0.164 e. The number of hydrogen-bond donors (Lipinski definition) is 0. The Hall–Kier alpha value is -9.20. The van der Waals surface area contributed by atoms with E-state index in [2.05, 4.69) is 120 Å². The largest absolute Gasteiger partial charge is 0.309 e. The van der Waals surface area contributed by atoms with Gasteiger partial charge in [-0.2, -0.15) is 0 Å². The Kier molecular flexibility index (Phi) is 10.0. The number of hydrogen-bond acceptors (Lipinski definition) is 6. The third kappa shape index (κ3) is 7.60. The van der Waals surface area contributed by atoms with Crippen LogP contribution in [0.25, 0.3) is 118 Å². The first-order valence-electron chi connectivity index (χ1n) is 22.3. The molecule has 0 aliphatic carbocycles. The molecule has 0 N–H and O–H groups in total. The topological polar surface area (TPSA) is 82.3 Å². The molecule has 67 heavy (non-hydrogen) atoms. The van der Waals surface area contributed by atoms with Crippen LogP contribution >= 0.6 is 0 Å². The first-order chi connectivity index (χ1) is 33.2. The Balaban J connectivity index is 1.11. The second kappa shape index (κ2) is 17.1. The van der Waals surface area contributed by atoms with Gasteiger partial charge in [-0.3, -0.25) is 0 Å². The first kappa shape index (κ1) is 39.4. The summed E-state index contributed by atoms with van der Waals surface area (Å²) in [5.41, 5.74) is 13.0. The van der Waals surface area contributed by atoms with Crippen molar-refractivity contribution in [2.24, 2.45) is 0 Å². The van der Waals surface area contributed by atoms with Crippen molar-refractivity contribution in [3.63, 3.8) is 0 Å². The van der Waals surface area contributed by atoms with E-state index in [1.165, 1.54) is 0 Å². The molecule has 0 saturated carbocycles. The molecule has 0 spiro atoms. The monoisotopic (exact) mass is 857 g/mol. The average molecular weight is 858 g/mol. The van der Waals surface area contributed by atoms with Crippen LogP contribution in [-0.2, 0) is 0 Å². The Labute approximate surface area is 387 Å². The number of rotatable bonds is 9. The highest BCUT2D eigenvalue weighted by atomic mass is 15.0. The first-order valence-corrected chi connectivity index (χ1v) is 22.3. The predicted molar refractivity (Wildman–Crippen MR) is 271 cm³/mol. The van der Waals surface area contributed by atoms with Crippen molar-refractivity contribution in [1.82, 2.24) is 34.5 Å². The summed E-state index contributed by atoms with van der Waals surface area (Å²) in [6.45, 7) is 0. The third-order valence-electron chi connectivity index (χ3n) is 12.1. The number of nitrogens with zero attached hydrogens (tertiary/aromatic N) is 7. The van der Waals surface area contributed by atoms with Crippen molar-refractivity contribution in [2.75, 3.05) is 0 Å². The minimum Gasteiger partial charge on any atom is -0.309 e. The third-order valence-corrected chi connectivity index (χ3v) is 12.1. The molecule has 0 unspecified atom stereocenters. The zero-order chi connectivity index (χ0) is 44.5. The molecule has 0 fully saturated rings. The van der Waals surface area contributed by atoms with Crippen molar-refractivity contribution in [1.29, 1.82) is 0 Å². The van der Waals surface area contributed by atoms with Gasteiger partial charge in [0.2, 0.25) is 0 Å². The molecule has 314 valence electrons. The van der Waals surface area contributed by atoms with E-state index in [9.17, 15) is 0 Å². The lowest BCUT2D eigenvalue weighted by molar-refractivity contribution is 1.07. The Bertz CT molecular complexity index is 3600. The Morgan fingerprint density at radius 2 is 0.597 bits per heavy atom. The van der Waals surface area contributed by atoms with Gasteiger partial charge in [-0.25, -0.2) is 29.9 Å². The van der Waals surface area contributed by atoms with Gasteiger partial charge in [-0.05, 0) is 59.2 Å². The molecule has 12 aromatic rings. The molecule has 3 aromatic heterocycles. The highest BCUT2D eigenvalue weighted by Gasteiger charge is 2.22. The normalized spacial score (nSPS) is 11.3. The summed E-state index contributed by atoms with van der Waals surface area (Å²) in [5.74, 6) is 3.65. The summed E-state index contributed by atoms with van der Waals surface area (Å²) in [4.78, 5) is 30.4. The lowest BCUT2D eigenvalue weighted by atomic mass is 9.95. The van der Waals surface area contributed by atoms with Gasteiger partial charge in [0.1, 0.15) is 0 Å². The van der Waals surface area contributed by atoms with Crippen molar-refractivity contribution >= 4 is 21.8 Å². The van der Waals surface area contributed by atoms with E-state index in [1.807, 2.05) is 121 Å². The molecule has 0 atom stereocenters. The van der Waals surface area contributed by atoms with Gasteiger partial charge in [-0.1, -0.05) is 194 Å². The fraction of sp³-hybridized carbons (Fsp3) is 0. The minimum atomic E-state index is 0.588. The maximum atomic E-state index is 5.14. The highest BCUT2D eigenvalue weighted by Crippen LogP contribution is 2.43. The molecular formula is C60H39N7. The maximum Gasteiger partial charge on any atom is 0.164 e. The summed E-state index contributed by atoms with van der Waals surface area (Å²) in [6.07, 6.45) is 0. The zero-order valence-electron chi connectivity index (χ0n) is 36.1. The summed E-state index contributed by atoms with van der Waals surface area (Å²) < 4.78 is 2.38. The van der Waals surface area contributed by atoms with Gasteiger partial charge >= 0.3 is 0 Å². The molecule has 3 heterocycles. The van der Waals surface area contributed by atoms with Crippen LogP contribution in [-0.4, -0.2) is 34.5 Å². The van der Waals surface area contributed by atoms with E-state index in [-0.39, 0.29) is 0 Å². The fourth-order valence-corrected chi connectivity index (χ4v) is 8.85. The second-order valence-corrected chi connectivity index (χ2v) is 16.3. The van der Waals surface area contributed by atoms with Crippen LogP contribution in [0.1, 0.15) is 0 Å². The Morgan fingerprint density at radius 1 is 0.239 bits per heavy atom. The number of aromatic nitrogens is 7. The van der Waals surface area contributed by atoms with Crippen LogP contribution in [0.15, 0.2) is 237 Å². The predicted octanol–water partition coefficient (Wildman–Crippen LogP) is 14.5. The summed E-state index contributed by atoms with van der Waals surface area (Å²) in [7, 11) is 0. The second-order valence-electron chi connectivity index (χ2n) is 16.3. The molecule has 0 radical (unpaired) electrons. The van der Waals surface area contributed by atoms with Gasteiger partial charge in [0.05, 0.1) is 11.0 Å². The maximum absolute atomic E-state index is 5.14. The quantitative estimate of drug-likeness (QED) is 0.144. The minimum absolute atomic E-state index is 0.588. The highest BCUT2D eigenvalue weighted by molar-refractivity contribution is 6.16. The van der Waals surface area contributed by atoms with Crippen LogP contribution in [0.3, 0.4) is 0 Å². The van der Waals surface area contributed by atoms with Crippen LogP contribution in [0.2, 0.25) is 0 Å². The summed E-state index contributed by atoms with van der Waals surface area (Å²) in [5, 5.41) is 2.16. The van der Waals surface area contributed by atoms with Crippen LogP contribution < -0.4 is 0 Å². The molecule has 0 amide bonds. The Morgan fingerprint density at radius 3 is 1.04 bits per heavy atom. The van der Waals surface area contributed by atoms with Crippen molar-refractivity contribution in [3.05, 3.63) is 237 Å². The van der Waals surface area contributed by atoms with E-state index in [0.29, 0.717) is 34.9 Å². The number of fused-ring (bicyclic) bond motifs is 3. The standard InChI is InChI=1S/C60H39N7/c1-7-20-40(21-8-1)48-38-50(41-22-9-2-10-23-41)54-52(39-48)51-37-47(60-65-57(44-28-15-5-16-29-44)62-58(66-60)45-30-17-6-18-31-45)34-35-53(51)67(54)49-33-19-32-46(36-49)59-63-55(42-24-11-3-12-25-42)61-56(64-59)43-26-13-4-14-27-43/h1-39H. The molecule has 12 rings (SSSR count). The molecule has 0 aliphatic heterocycles. The lowest BCUT2D eigenvalue weighted by Crippen LogP contribution is -2.01. The molecule has 7 nitrogen and oxygen atoms in total. The van der Waals surface area contributed by atoms with E-state index >= 15 is 0 Å². The van der Waals surface area contributed by atoms with Crippen molar-refractivity contribution < 1.29 is 0 Å². The SMILES string of the molecule is c1ccc(-c2cc(-c3ccccc3)c3c(c2)c2cc(-c4nc(-c5ccccc5)nc(-c5ccccc5)n4)ccc2n3-c2cccc(-c3nc(-c4ccccc4)nc(-c4ccccc4)n3)c2)cc1. The molecule has 0 aliphatic rings. The molecule has 9 aromatic carbocycles.